The zero-order valence-corrected chi connectivity index (χ0v) is 14.4. The maximum absolute atomic E-state index is 13.4. The van der Waals surface area contributed by atoms with E-state index in [0.717, 1.165) is 17.0 Å². The third-order valence-electron chi connectivity index (χ3n) is 3.57. The lowest BCUT2D eigenvalue weighted by Crippen LogP contribution is -2.37. The molecule has 0 aliphatic heterocycles. The lowest BCUT2D eigenvalue weighted by molar-refractivity contribution is 0.249. The van der Waals surface area contributed by atoms with Crippen molar-refractivity contribution in [1.82, 2.24) is 10.5 Å². The molecule has 0 saturated heterocycles. The van der Waals surface area contributed by atoms with Gasteiger partial charge in [0.25, 0.3) is 0 Å². The number of nitrogens with one attached hydrogen (secondary N) is 2. The lowest BCUT2D eigenvalue weighted by Gasteiger charge is -2.16. The summed E-state index contributed by atoms with van der Waals surface area (Å²) in [7, 11) is 0. The van der Waals surface area contributed by atoms with E-state index in [0.29, 0.717) is 12.2 Å². The molecule has 1 aromatic heterocycles. The van der Waals surface area contributed by atoms with Crippen LogP contribution in [0.3, 0.4) is 0 Å². The van der Waals surface area contributed by atoms with Crippen molar-refractivity contribution in [2.75, 3.05) is 11.9 Å². The molecule has 2 aromatic rings. The smallest absolute Gasteiger partial charge is 0.319 e. The van der Waals surface area contributed by atoms with Crippen molar-refractivity contribution >= 4 is 11.7 Å². The number of urea groups is 1. The van der Waals surface area contributed by atoms with E-state index in [1.165, 1.54) is 18.2 Å². The molecule has 1 atom stereocenters. The number of terminal acetylenes is 1. The lowest BCUT2D eigenvalue weighted by atomic mass is 10.1. The Morgan fingerprint density at radius 3 is 2.88 bits per heavy atom. The predicted molar refractivity (Wildman–Crippen MR) is 92.0 cm³/mol. The number of anilines is 1. The van der Waals surface area contributed by atoms with Crippen LogP contribution in [0, 0.1) is 32.0 Å². The quantitative estimate of drug-likeness (QED) is 0.788. The highest BCUT2D eigenvalue weighted by Gasteiger charge is 2.16. The molecule has 0 spiro atoms. The molecule has 0 aliphatic carbocycles. The van der Waals surface area contributed by atoms with Gasteiger partial charge in [-0.25, -0.2) is 9.18 Å². The number of hydrogen-bond donors (Lipinski definition) is 2. The molecule has 1 aromatic carbocycles. The van der Waals surface area contributed by atoms with Crippen molar-refractivity contribution in [3.8, 4) is 18.1 Å². The number of carbonyl (C=O) groups is 1. The van der Waals surface area contributed by atoms with Gasteiger partial charge in [0.05, 0.1) is 11.4 Å². The van der Waals surface area contributed by atoms with Gasteiger partial charge in [0.1, 0.15) is 23.9 Å². The van der Waals surface area contributed by atoms with E-state index >= 15 is 0 Å². The van der Waals surface area contributed by atoms with E-state index < -0.39 is 11.8 Å². The van der Waals surface area contributed by atoms with E-state index in [1.807, 2.05) is 20.8 Å². The van der Waals surface area contributed by atoms with Crippen LogP contribution in [0.25, 0.3) is 0 Å². The van der Waals surface area contributed by atoms with Gasteiger partial charge in [0.15, 0.2) is 0 Å². The number of aromatic nitrogens is 1. The predicted octanol–water partition coefficient (Wildman–Crippen LogP) is 3.20. The van der Waals surface area contributed by atoms with Crippen LogP contribution in [0.15, 0.2) is 22.7 Å². The first-order valence-corrected chi connectivity index (χ1v) is 7.75. The van der Waals surface area contributed by atoms with Gasteiger partial charge >= 0.3 is 6.03 Å². The van der Waals surface area contributed by atoms with E-state index in [-0.39, 0.29) is 18.3 Å². The molecule has 0 saturated carbocycles. The number of amides is 2. The SMILES string of the molecule is C#CCOc1ccc(F)cc1NC(=O)N[C@@H](C)Cc1c(C)noc1C. The van der Waals surface area contributed by atoms with E-state index in [1.54, 1.807) is 0 Å². The van der Waals surface area contributed by atoms with Crippen LogP contribution in [0.1, 0.15) is 23.9 Å². The van der Waals surface area contributed by atoms with Crippen LogP contribution in [-0.2, 0) is 6.42 Å². The Bertz CT molecular complexity index is 776. The largest absolute Gasteiger partial charge is 0.479 e. The second-order valence-electron chi connectivity index (χ2n) is 5.64. The minimum atomic E-state index is -0.493. The number of carbonyl (C=O) groups excluding carboxylic acids is 1. The maximum atomic E-state index is 13.4. The third-order valence-corrected chi connectivity index (χ3v) is 3.57. The summed E-state index contributed by atoms with van der Waals surface area (Å²) in [6.45, 7) is 5.54. The summed E-state index contributed by atoms with van der Waals surface area (Å²) in [4.78, 5) is 12.2. The maximum Gasteiger partial charge on any atom is 0.319 e. The highest BCUT2D eigenvalue weighted by molar-refractivity contribution is 5.91. The fourth-order valence-corrected chi connectivity index (χ4v) is 2.38. The summed E-state index contributed by atoms with van der Waals surface area (Å²) < 4.78 is 23.8. The molecule has 2 amide bonds. The highest BCUT2D eigenvalue weighted by atomic mass is 19.1. The van der Waals surface area contributed by atoms with Crippen molar-refractivity contribution in [2.45, 2.75) is 33.2 Å². The molecule has 2 rings (SSSR count). The van der Waals surface area contributed by atoms with Gasteiger partial charge in [-0.1, -0.05) is 11.1 Å². The second-order valence-corrected chi connectivity index (χ2v) is 5.64. The molecular weight excluding hydrogens is 325 g/mol. The molecule has 1 heterocycles. The number of rotatable bonds is 6. The van der Waals surface area contributed by atoms with Gasteiger partial charge in [-0.3, -0.25) is 0 Å². The normalized spacial score (nSPS) is 11.5. The van der Waals surface area contributed by atoms with Crippen LogP contribution in [0.2, 0.25) is 0 Å². The standard InChI is InChI=1S/C18H20FN3O3/c1-5-8-24-17-7-6-14(19)10-16(17)21-18(23)20-11(2)9-15-12(3)22-25-13(15)4/h1,6-7,10-11H,8-9H2,2-4H3,(H2,20,21,23)/t11-/m0/s1. The van der Waals surface area contributed by atoms with Crippen LogP contribution < -0.4 is 15.4 Å². The molecule has 0 radical (unpaired) electrons. The molecule has 2 N–H and O–H groups in total. The van der Waals surface area contributed by atoms with Crippen molar-refractivity contribution in [3.63, 3.8) is 0 Å². The Morgan fingerprint density at radius 2 is 2.24 bits per heavy atom. The molecule has 0 bridgehead atoms. The summed E-state index contributed by atoms with van der Waals surface area (Å²) in [6, 6.07) is 3.16. The number of benzene rings is 1. The molecule has 6 nitrogen and oxygen atoms in total. The van der Waals surface area contributed by atoms with Crippen LogP contribution in [0.5, 0.6) is 5.75 Å². The van der Waals surface area contributed by atoms with E-state index in [4.69, 9.17) is 15.7 Å². The first-order chi connectivity index (χ1) is 11.9. The third kappa shape index (κ3) is 4.98. The van der Waals surface area contributed by atoms with Gasteiger partial charge in [-0.05, 0) is 39.3 Å². The average Bonchev–Trinajstić information content (AvgIpc) is 2.86. The van der Waals surface area contributed by atoms with Crippen molar-refractivity contribution in [3.05, 3.63) is 41.0 Å². The molecule has 0 unspecified atom stereocenters. The molecule has 132 valence electrons. The molecule has 7 heteroatoms. The van der Waals surface area contributed by atoms with Crippen molar-refractivity contribution in [1.29, 1.82) is 0 Å². The second kappa shape index (κ2) is 8.20. The van der Waals surface area contributed by atoms with Gasteiger partial charge in [-0.2, -0.15) is 0 Å². The minimum Gasteiger partial charge on any atom is -0.479 e. The summed E-state index contributed by atoms with van der Waals surface area (Å²) in [5.41, 5.74) is 1.95. The molecule has 25 heavy (non-hydrogen) atoms. The number of aryl methyl sites for hydroxylation is 2. The van der Waals surface area contributed by atoms with Gasteiger partial charge in [-0.15, -0.1) is 6.42 Å². The van der Waals surface area contributed by atoms with Gasteiger partial charge in [0.2, 0.25) is 0 Å². The number of hydrogen-bond acceptors (Lipinski definition) is 4. The van der Waals surface area contributed by atoms with Crippen LogP contribution in [-0.4, -0.2) is 23.8 Å². The summed E-state index contributed by atoms with van der Waals surface area (Å²) >= 11 is 0. The Labute approximate surface area is 145 Å². The Balaban J connectivity index is 2.00. The van der Waals surface area contributed by atoms with Crippen LogP contribution >= 0.6 is 0 Å². The first-order valence-electron chi connectivity index (χ1n) is 7.75. The Kier molecular flexibility index (Phi) is 6.01. The zero-order valence-electron chi connectivity index (χ0n) is 14.4. The van der Waals surface area contributed by atoms with Crippen LogP contribution in [0.4, 0.5) is 14.9 Å². The van der Waals surface area contributed by atoms with E-state index in [2.05, 4.69) is 21.7 Å². The topological polar surface area (TPSA) is 76.4 Å². The number of halogens is 1. The van der Waals surface area contributed by atoms with Gasteiger partial charge in [0, 0.05) is 17.7 Å². The fourth-order valence-electron chi connectivity index (χ4n) is 2.38. The summed E-state index contributed by atoms with van der Waals surface area (Å²) in [6.07, 6.45) is 5.72. The fraction of sp³-hybridized carbons (Fsp3) is 0.333. The zero-order chi connectivity index (χ0) is 18.4. The number of nitrogens with zero attached hydrogens (tertiary/aromatic N) is 1. The van der Waals surface area contributed by atoms with Crippen molar-refractivity contribution < 1.29 is 18.4 Å². The highest BCUT2D eigenvalue weighted by Crippen LogP contribution is 2.25. The number of ether oxygens (including phenoxy) is 1. The molecule has 0 aliphatic rings. The molecular formula is C18H20FN3O3. The minimum absolute atomic E-state index is 0.0182. The van der Waals surface area contributed by atoms with Crippen molar-refractivity contribution in [2.24, 2.45) is 0 Å². The van der Waals surface area contributed by atoms with E-state index in [9.17, 15) is 9.18 Å². The van der Waals surface area contributed by atoms with Gasteiger partial charge < -0.3 is 19.9 Å². The monoisotopic (exact) mass is 345 g/mol. The first kappa shape index (κ1) is 18.3. The molecule has 0 fully saturated rings. The summed E-state index contributed by atoms with van der Waals surface area (Å²) in [5.74, 6) is 2.85. The summed E-state index contributed by atoms with van der Waals surface area (Å²) in [5, 5.41) is 9.25. The Morgan fingerprint density at radius 1 is 1.48 bits per heavy atom. The average molecular weight is 345 g/mol. The Hall–Kier alpha value is -3.01.